The van der Waals surface area contributed by atoms with Gasteiger partial charge in [0.05, 0.1) is 12.7 Å². The van der Waals surface area contributed by atoms with E-state index in [0.717, 1.165) is 16.7 Å². The van der Waals surface area contributed by atoms with Gasteiger partial charge in [-0.15, -0.1) is 0 Å². The van der Waals surface area contributed by atoms with Crippen LogP contribution in [-0.4, -0.2) is 53.8 Å². The topological polar surface area (TPSA) is 53.0 Å². The Kier molecular flexibility index (Phi) is 4.18. The fourth-order valence-corrected chi connectivity index (χ4v) is 3.94. The molecule has 2 heterocycles. The van der Waals surface area contributed by atoms with Crippen molar-refractivity contribution in [2.45, 2.75) is 39.2 Å². The molecular weight excluding hydrogens is 304 g/mol. The molecular formula is C19H26N2O3. The lowest BCUT2D eigenvalue weighted by molar-refractivity contribution is -0.162. The van der Waals surface area contributed by atoms with E-state index >= 15 is 0 Å². The predicted molar refractivity (Wildman–Crippen MR) is 93.5 cm³/mol. The third-order valence-corrected chi connectivity index (χ3v) is 5.76. The Morgan fingerprint density at radius 2 is 1.67 bits per heavy atom. The van der Waals surface area contributed by atoms with E-state index < -0.39 is 5.54 Å². The minimum atomic E-state index is -0.604. The molecule has 2 aliphatic rings. The number of hydrogen-bond donors (Lipinski definition) is 1. The van der Waals surface area contributed by atoms with Gasteiger partial charge < -0.3 is 14.8 Å². The van der Waals surface area contributed by atoms with E-state index in [2.05, 4.69) is 13.0 Å². The molecule has 0 aromatic heterocycles. The lowest BCUT2D eigenvalue weighted by Gasteiger charge is -2.42. The number of nitrogens with zero attached hydrogens (tertiary/aromatic N) is 2. The van der Waals surface area contributed by atoms with E-state index in [9.17, 15) is 9.90 Å². The van der Waals surface area contributed by atoms with Crippen molar-refractivity contribution in [2.24, 2.45) is 0 Å². The standard InChI is InChI=1S/C19H26N2O3/c1-12-10-14(3)15(11-13(12)2)16-17(22)19(20(4)18(16)23)6-8-21(24-5)9-7-19/h10-11,22H,6-9H2,1-5H3. The summed E-state index contributed by atoms with van der Waals surface area (Å²) in [5.74, 6) is 0.127. The molecule has 5 nitrogen and oxygen atoms in total. The van der Waals surface area contributed by atoms with Gasteiger partial charge in [-0.2, -0.15) is 5.06 Å². The van der Waals surface area contributed by atoms with Crippen LogP contribution in [0.15, 0.2) is 17.9 Å². The maximum Gasteiger partial charge on any atom is 0.258 e. The fourth-order valence-electron chi connectivity index (χ4n) is 3.94. The van der Waals surface area contributed by atoms with E-state index in [1.807, 2.05) is 25.0 Å². The van der Waals surface area contributed by atoms with Crippen molar-refractivity contribution in [1.82, 2.24) is 9.96 Å². The molecule has 24 heavy (non-hydrogen) atoms. The second-order valence-electron chi connectivity index (χ2n) is 6.98. The Labute approximate surface area is 143 Å². The zero-order valence-corrected chi connectivity index (χ0v) is 15.1. The number of amides is 1. The van der Waals surface area contributed by atoms with Crippen molar-refractivity contribution in [2.75, 3.05) is 27.2 Å². The monoisotopic (exact) mass is 330 g/mol. The van der Waals surface area contributed by atoms with Gasteiger partial charge in [-0.1, -0.05) is 12.1 Å². The average molecular weight is 330 g/mol. The van der Waals surface area contributed by atoms with Crippen molar-refractivity contribution in [3.8, 4) is 0 Å². The molecule has 1 spiro atoms. The molecule has 0 radical (unpaired) electrons. The Hall–Kier alpha value is -1.85. The Balaban J connectivity index is 2.08. The molecule has 0 atom stereocenters. The Bertz CT molecular complexity index is 716. The van der Waals surface area contributed by atoms with Crippen LogP contribution in [0.5, 0.6) is 0 Å². The second-order valence-corrected chi connectivity index (χ2v) is 6.98. The first-order chi connectivity index (χ1) is 11.3. The van der Waals surface area contributed by atoms with Gasteiger partial charge in [0.15, 0.2) is 0 Å². The first-order valence-corrected chi connectivity index (χ1v) is 8.41. The van der Waals surface area contributed by atoms with Crippen LogP contribution in [0.4, 0.5) is 0 Å². The van der Waals surface area contributed by atoms with E-state index in [0.29, 0.717) is 31.5 Å². The fraction of sp³-hybridized carbons (Fsp3) is 0.526. The average Bonchev–Trinajstić information content (AvgIpc) is 2.74. The number of benzene rings is 1. The van der Waals surface area contributed by atoms with Gasteiger partial charge in [0, 0.05) is 20.1 Å². The minimum absolute atomic E-state index is 0.0929. The zero-order chi connectivity index (χ0) is 17.6. The van der Waals surface area contributed by atoms with Crippen molar-refractivity contribution < 1.29 is 14.7 Å². The van der Waals surface area contributed by atoms with Crippen molar-refractivity contribution >= 4 is 11.5 Å². The first kappa shape index (κ1) is 17.0. The maximum absolute atomic E-state index is 13.0. The van der Waals surface area contributed by atoms with Gasteiger partial charge >= 0.3 is 0 Å². The second kappa shape index (κ2) is 5.90. The predicted octanol–water partition coefficient (Wildman–Crippen LogP) is 2.75. The molecule has 2 aliphatic heterocycles. The number of hydrogen-bond acceptors (Lipinski definition) is 4. The van der Waals surface area contributed by atoms with E-state index in [1.54, 1.807) is 19.1 Å². The number of piperidine rings is 1. The number of aliphatic hydroxyl groups excluding tert-OH is 1. The molecule has 5 heteroatoms. The molecule has 1 amide bonds. The zero-order valence-electron chi connectivity index (χ0n) is 15.1. The van der Waals surface area contributed by atoms with Crippen LogP contribution in [0, 0.1) is 20.8 Å². The van der Waals surface area contributed by atoms with E-state index in [4.69, 9.17) is 4.84 Å². The molecule has 1 N–H and O–H groups in total. The van der Waals surface area contributed by atoms with Crippen molar-refractivity contribution in [3.05, 3.63) is 40.1 Å². The van der Waals surface area contributed by atoms with Crippen LogP contribution in [0.1, 0.15) is 35.1 Å². The number of carbonyl (C=O) groups excluding carboxylic acids is 1. The van der Waals surface area contributed by atoms with Gasteiger partial charge in [0.1, 0.15) is 11.3 Å². The molecule has 1 aromatic rings. The third kappa shape index (κ3) is 2.34. The normalized spacial score (nSPS) is 21.2. The summed E-state index contributed by atoms with van der Waals surface area (Å²) in [6.45, 7) is 7.47. The first-order valence-electron chi connectivity index (χ1n) is 8.41. The summed E-state index contributed by atoms with van der Waals surface area (Å²) in [6, 6.07) is 4.10. The van der Waals surface area contributed by atoms with Crippen molar-refractivity contribution in [1.29, 1.82) is 0 Å². The SMILES string of the molecule is CON1CCC2(CC1)C(O)=C(c1cc(C)c(C)cc1C)C(=O)N2C. The number of rotatable bonds is 2. The summed E-state index contributed by atoms with van der Waals surface area (Å²) in [7, 11) is 3.45. The molecule has 0 aliphatic carbocycles. The third-order valence-electron chi connectivity index (χ3n) is 5.76. The molecule has 0 saturated carbocycles. The number of carbonyl (C=O) groups is 1. The van der Waals surface area contributed by atoms with Crippen molar-refractivity contribution in [3.63, 3.8) is 0 Å². The lowest BCUT2D eigenvalue weighted by atomic mass is 9.85. The van der Waals surface area contributed by atoms with Crippen LogP contribution in [0.25, 0.3) is 5.57 Å². The van der Waals surface area contributed by atoms with Gasteiger partial charge in [-0.25, -0.2) is 0 Å². The van der Waals surface area contributed by atoms with Crippen LogP contribution in [0.3, 0.4) is 0 Å². The van der Waals surface area contributed by atoms with Gasteiger partial charge in [-0.05, 0) is 55.9 Å². The summed E-state index contributed by atoms with van der Waals surface area (Å²) in [5, 5.41) is 12.9. The summed E-state index contributed by atoms with van der Waals surface area (Å²) in [4.78, 5) is 20.0. The van der Waals surface area contributed by atoms with Gasteiger partial charge in [-0.3, -0.25) is 4.79 Å². The smallest absolute Gasteiger partial charge is 0.258 e. The largest absolute Gasteiger partial charge is 0.509 e. The maximum atomic E-state index is 13.0. The highest BCUT2D eigenvalue weighted by Gasteiger charge is 2.52. The summed E-state index contributed by atoms with van der Waals surface area (Å²) < 4.78 is 0. The minimum Gasteiger partial charge on any atom is -0.509 e. The highest BCUT2D eigenvalue weighted by atomic mass is 16.7. The molecule has 0 unspecified atom stereocenters. The molecule has 1 saturated heterocycles. The molecule has 1 aromatic carbocycles. The number of aliphatic hydroxyl groups is 1. The lowest BCUT2D eigenvalue weighted by Crippen LogP contribution is -2.53. The van der Waals surface area contributed by atoms with Gasteiger partial charge in [0.2, 0.25) is 0 Å². The molecule has 1 fully saturated rings. The van der Waals surface area contributed by atoms with Gasteiger partial charge in [0.25, 0.3) is 5.91 Å². The molecule has 0 bridgehead atoms. The number of likely N-dealkylation sites (N-methyl/N-ethyl adjacent to an activating group) is 1. The number of aryl methyl sites for hydroxylation is 3. The quantitative estimate of drug-likeness (QED) is 0.906. The Morgan fingerprint density at radius 1 is 1.08 bits per heavy atom. The highest BCUT2D eigenvalue weighted by Crippen LogP contribution is 2.44. The molecule has 130 valence electrons. The van der Waals surface area contributed by atoms with E-state index in [-0.39, 0.29) is 11.7 Å². The van der Waals surface area contributed by atoms with Crippen LogP contribution >= 0.6 is 0 Å². The summed E-state index contributed by atoms with van der Waals surface area (Å²) >= 11 is 0. The summed E-state index contributed by atoms with van der Waals surface area (Å²) in [6.07, 6.45) is 1.34. The highest BCUT2D eigenvalue weighted by molar-refractivity contribution is 6.23. The van der Waals surface area contributed by atoms with E-state index in [1.165, 1.54) is 5.56 Å². The summed E-state index contributed by atoms with van der Waals surface area (Å²) in [5.41, 5.74) is 4.04. The number of hydroxylamine groups is 2. The Morgan fingerprint density at radius 3 is 2.25 bits per heavy atom. The van der Waals surface area contributed by atoms with Crippen LogP contribution in [0.2, 0.25) is 0 Å². The van der Waals surface area contributed by atoms with Crippen LogP contribution < -0.4 is 0 Å². The van der Waals surface area contributed by atoms with Crippen LogP contribution in [-0.2, 0) is 9.63 Å². The molecule has 3 rings (SSSR count).